The van der Waals surface area contributed by atoms with Gasteiger partial charge in [-0.15, -0.1) is 24.0 Å². The molecule has 5 nitrogen and oxygen atoms in total. The number of nitrogens with zero attached hydrogens (tertiary/aromatic N) is 2. The second-order valence-electron chi connectivity index (χ2n) is 7.33. The van der Waals surface area contributed by atoms with Crippen molar-refractivity contribution in [3.63, 3.8) is 0 Å². The predicted octanol–water partition coefficient (Wildman–Crippen LogP) is 4.07. The zero-order chi connectivity index (χ0) is 19.8. The van der Waals surface area contributed by atoms with Crippen LogP contribution < -0.4 is 10.1 Å². The molecule has 0 aromatic heterocycles. The Bertz CT molecular complexity index is 777. The molecule has 2 aromatic carbocycles. The zero-order valence-electron chi connectivity index (χ0n) is 17.6. The number of methoxy groups -OCH3 is 1. The number of para-hydroxylation sites is 1. The third kappa shape index (κ3) is 5.85. The third-order valence-electron chi connectivity index (χ3n) is 5.59. The highest BCUT2D eigenvalue weighted by Crippen LogP contribution is 2.34. The molecule has 0 saturated carbocycles. The topological polar surface area (TPSA) is 46.1 Å². The molecule has 2 aromatic rings. The number of ether oxygens (including phenoxy) is 2. The first-order valence-electron chi connectivity index (χ1n) is 9.85. The molecule has 0 atom stereocenters. The van der Waals surface area contributed by atoms with Gasteiger partial charge in [-0.05, 0) is 24.5 Å². The van der Waals surface area contributed by atoms with Crippen molar-refractivity contribution in [3.05, 3.63) is 65.7 Å². The average Bonchev–Trinajstić information content (AvgIpc) is 2.76. The highest BCUT2D eigenvalue weighted by Gasteiger charge is 2.34. The summed E-state index contributed by atoms with van der Waals surface area (Å²) < 4.78 is 11.1. The summed E-state index contributed by atoms with van der Waals surface area (Å²) in [6.07, 6.45) is 2.02. The molecule has 6 heteroatoms. The second kappa shape index (κ2) is 11.4. The molecule has 1 saturated heterocycles. The molecule has 1 aliphatic heterocycles. The summed E-state index contributed by atoms with van der Waals surface area (Å²) in [5, 5.41) is 3.62. The summed E-state index contributed by atoms with van der Waals surface area (Å²) in [5.41, 5.74) is 2.58. The SMILES string of the molecule is CN=C(NCC1(c2ccccc2)CCOCC1)N(C)Cc1ccccc1OC.I. The van der Waals surface area contributed by atoms with E-state index in [1.165, 1.54) is 5.56 Å². The summed E-state index contributed by atoms with van der Waals surface area (Å²) in [6, 6.07) is 18.9. The Morgan fingerprint density at radius 1 is 1.10 bits per heavy atom. The summed E-state index contributed by atoms with van der Waals surface area (Å²) in [6.45, 7) is 3.16. The van der Waals surface area contributed by atoms with Gasteiger partial charge in [0.2, 0.25) is 0 Å². The minimum absolute atomic E-state index is 0. The third-order valence-corrected chi connectivity index (χ3v) is 5.59. The monoisotopic (exact) mass is 509 g/mol. The molecule has 1 aliphatic rings. The van der Waals surface area contributed by atoms with Crippen LogP contribution in [0.5, 0.6) is 5.75 Å². The molecule has 0 unspecified atom stereocenters. The van der Waals surface area contributed by atoms with E-state index in [2.05, 4.69) is 58.7 Å². The van der Waals surface area contributed by atoms with Crippen LogP contribution in [-0.4, -0.2) is 51.8 Å². The smallest absolute Gasteiger partial charge is 0.193 e. The Kier molecular flexibility index (Phi) is 9.23. The van der Waals surface area contributed by atoms with E-state index in [9.17, 15) is 0 Å². The molecule has 158 valence electrons. The Morgan fingerprint density at radius 2 is 1.76 bits per heavy atom. The maximum Gasteiger partial charge on any atom is 0.193 e. The summed E-state index contributed by atoms with van der Waals surface area (Å²) in [7, 11) is 5.60. The quantitative estimate of drug-likeness (QED) is 0.363. The number of hydrogen-bond acceptors (Lipinski definition) is 3. The van der Waals surface area contributed by atoms with E-state index < -0.39 is 0 Å². The van der Waals surface area contributed by atoms with Gasteiger partial charge < -0.3 is 19.7 Å². The number of nitrogens with one attached hydrogen (secondary N) is 1. The van der Waals surface area contributed by atoms with Crippen LogP contribution in [0, 0.1) is 0 Å². The minimum Gasteiger partial charge on any atom is -0.496 e. The molecule has 1 fully saturated rings. The fourth-order valence-electron chi connectivity index (χ4n) is 3.92. The second-order valence-corrected chi connectivity index (χ2v) is 7.33. The van der Waals surface area contributed by atoms with Crippen LogP contribution in [-0.2, 0) is 16.7 Å². The lowest BCUT2D eigenvalue weighted by Crippen LogP contribution is -2.48. The van der Waals surface area contributed by atoms with Crippen LogP contribution in [0.15, 0.2) is 59.6 Å². The van der Waals surface area contributed by atoms with Crippen molar-refractivity contribution in [2.24, 2.45) is 4.99 Å². The maximum absolute atomic E-state index is 5.65. The molecule has 3 rings (SSSR count). The van der Waals surface area contributed by atoms with Gasteiger partial charge in [-0.25, -0.2) is 0 Å². The fourth-order valence-corrected chi connectivity index (χ4v) is 3.92. The molecule has 1 N–H and O–H groups in total. The first-order valence-corrected chi connectivity index (χ1v) is 9.85. The van der Waals surface area contributed by atoms with E-state index in [-0.39, 0.29) is 29.4 Å². The van der Waals surface area contributed by atoms with Gasteiger partial charge in [0.05, 0.1) is 7.11 Å². The van der Waals surface area contributed by atoms with Crippen molar-refractivity contribution >= 4 is 29.9 Å². The minimum atomic E-state index is 0. The standard InChI is InChI=1S/C23H31N3O2.HI/c1-24-22(26(2)17-19-9-7-8-12-21(19)27-3)25-18-23(13-15-28-16-14-23)20-10-5-4-6-11-20;/h4-12H,13-18H2,1-3H3,(H,24,25);1H. The van der Waals surface area contributed by atoms with E-state index >= 15 is 0 Å². The van der Waals surface area contributed by atoms with Gasteiger partial charge in [0.15, 0.2) is 5.96 Å². The van der Waals surface area contributed by atoms with Gasteiger partial charge in [0.25, 0.3) is 0 Å². The molecular formula is C23H32IN3O2. The Morgan fingerprint density at radius 3 is 2.41 bits per heavy atom. The molecular weight excluding hydrogens is 477 g/mol. The largest absolute Gasteiger partial charge is 0.496 e. The summed E-state index contributed by atoms with van der Waals surface area (Å²) >= 11 is 0. The van der Waals surface area contributed by atoms with Gasteiger partial charge in [0, 0.05) is 51.4 Å². The molecule has 0 bridgehead atoms. The lowest BCUT2D eigenvalue weighted by atomic mass is 9.74. The number of aliphatic imine (C=N–C) groups is 1. The van der Waals surface area contributed by atoms with Crippen molar-refractivity contribution in [1.82, 2.24) is 10.2 Å². The van der Waals surface area contributed by atoms with Crippen molar-refractivity contribution in [1.29, 1.82) is 0 Å². The Labute approximate surface area is 191 Å². The zero-order valence-corrected chi connectivity index (χ0v) is 19.9. The van der Waals surface area contributed by atoms with Gasteiger partial charge in [-0.3, -0.25) is 4.99 Å². The molecule has 0 amide bonds. The van der Waals surface area contributed by atoms with Crippen LogP contribution in [0.4, 0.5) is 0 Å². The van der Waals surface area contributed by atoms with Crippen molar-refractivity contribution < 1.29 is 9.47 Å². The van der Waals surface area contributed by atoms with Gasteiger partial charge in [0.1, 0.15) is 5.75 Å². The summed E-state index contributed by atoms with van der Waals surface area (Å²) in [5.74, 6) is 1.78. The molecule has 0 spiro atoms. The fraction of sp³-hybridized carbons (Fsp3) is 0.435. The van der Waals surface area contributed by atoms with E-state index in [4.69, 9.17) is 9.47 Å². The molecule has 0 aliphatic carbocycles. The lowest BCUT2D eigenvalue weighted by molar-refractivity contribution is 0.0512. The van der Waals surface area contributed by atoms with Gasteiger partial charge in [-0.2, -0.15) is 0 Å². The predicted molar refractivity (Wildman–Crippen MR) is 129 cm³/mol. The number of hydrogen-bond donors (Lipinski definition) is 1. The van der Waals surface area contributed by atoms with Crippen molar-refractivity contribution in [3.8, 4) is 5.75 Å². The maximum atomic E-state index is 5.65. The highest BCUT2D eigenvalue weighted by molar-refractivity contribution is 14.0. The van der Waals surface area contributed by atoms with Crippen LogP contribution in [0.25, 0.3) is 0 Å². The van der Waals surface area contributed by atoms with E-state index in [0.717, 1.165) is 56.4 Å². The number of rotatable bonds is 6. The average molecular weight is 509 g/mol. The van der Waals surface area contributed by atoms with Crippen molar-refractivity contribution in [2.45, 2.75) is 24.8 Å². The van der Waals surface area contributed by atoms with Crippen LogP contribution >= 0.6 is 24.0 Å². The van der Waals surface area contributed by atoms with E-state index in [0.29, 0.717) is 0 Å². The van der Waals surface area contributed by atoms with Crippen molar-refractivity contribution in [2.75, 3.05) is 41.0 Å². The van der Waals surface area contributed by atoms with Gasteiger partial charge in [-0.1, -0.05) is 48.5 Å². The number of benzene rings is 2. The highest BCUT2D eigenvalue weighted by atomic mass is 127. The van der Waals surface area contributed by atoms with Gasteiger partial charge >= 0.3 is 0 Å². The number of guanidine groups is 1. The van der Waals surface area contributed by atoms with Crippen LogP contribution in [0.1, 0.15) is 24.0 Å². The number of halogens is 1. The van der Waals surface area contributed by atoms with E-state index in [1.54, 1.807) is 7.11 Å². The van der Waals surface area contributed by atoms with E-state index in [1.807, 2.05) is 25.2 Å². The van der Waals surface area contributed by atoms with Crippen LogP contribution in [0.2, 0.25) is 0 Å². The Hall–Kier alpha value is -1.80. The summed E-state index contributed by atoms with van der Waals surface area (Å²) in [4.78, 5) is 6.64. The lowest BCUT2D eigenvalue weighted by Gasteiger charge is -2.39. The molecule has 1 heterocycles. The normalized spacial score (nSPS) is 15.9. The first-order chi connectivity index (χ1) is 13.7. The Balaban J connectivity index is 0.00000300. The molecule has 29 heavy (non-hydrogen) atoms. The first kappa shape index (κ1) is 23.5. The molecule has 0 radical (unpaired) electrons. The van der Waals surface area contributed by atoms with Crippen LogP contribution in [0.3, 0.4) is 0 Å².